The zero-order valence-corrected chi connectivity index (χ0v) is 13.3. The van der Waals surface area contributed by atoms with Gasteiger partial charge in [0, 0.05) is 11.2 Å². The molecule has 2 heterocycles. The molecule has 22 heavy (non-hydrogen) atoms. The first-order valence-electron chi connectivity index (χ1n) is 7.53. The lowest BCUT2D eigenvalue weighted by Gasteiger charge is -2.36. The Kier molecular flexibility index (Phi) is 4.16. The van der Waals surface area contributed by atoms with Gasteiger partial charge in [-0.05, 0) is 41.2 Å². The minimum absolute atomic E-state index is 0.0807. The fourth-order valence-electron chi connectivity index (χ4n) is 3.11. The zero-order valence-electron chi connectivity index (χ0n) is 12.5. The average Bonchev–Trinajstić information content (AvgIpc) is 2.90. The maximum Gasteiger partial charge on any atom is 0.326 e. The molecule has 116 valence electrons. The molecule has 1 aliphatic heterocycles. The zero-order chi connectivity index (χ0) is 15.7. The van der Waals surface area contributed by atoms with Gasteiger partial charge in [-0.3, -0.25) is 4.79 Å². The quantitative estimate of drug-likeness (QED) is 0.946. The summed E-state index contributed by atoms with van der Waals surface area (Å²) in [4.78, 5) is 25.6. The molecule has 2 aromatic rings. The van der Waals surface area contributed by atoms with E-state index in [1.54, 1.807) is 16.2 Å². The number of carbonyl (C=O) groups is 2. The van der Waals surface area contributed by atoms with Crippen LogP contribution in [0.4, 0.5) is 0 Å². The van der Waals surface area contributed by atoms with Crippen LogP contribution in [-0.2, 0) is 16.0 Å². The molecule has 1 aromatic carbocycles. The number of carboxylic acids is 1. The van der Waals surface area contributed by atoms with Crippen LogP contribution in [0, 0.1) is 5.92 Å². The summed E-state index contributed by atoms with van der Waals surface area (Å²) in [5.74, 6) is -0.620. The van der Waals surface area contributed by atoms with Crippen LogP contribution >= 0.6 is 11.3 Å². The number of aliphatic carboxylic acids is 1. The Balaban J connectivity index is 1.80. The van der Waals surface area contributed by atoms with E-state index in [2.05, 4.69) is 0 Å². The van der Waals surface area contributed by atoms with Gasteiger partial charge < -0.3 is 10.0 Å². The van der Waals surface area contributed by atoms with Crippen LogP contribution < -0.4 is 0 Å². The maximum atomic E-state index is 12.6. The largest absolute Gasteiger partial charge is 0.480 e. The molecule has 1 N–H and O–H groups in total. The van der Waals surface area contributed by atoms with Gasteiger partial charge in [0.15, 0.2) is 0 Å². The van der Waals surface area contributed by atoms with Crippen molar-refractivity contribution < 1.29 is 14.7 Å². The second-order valence-corrected chi connectivity index (χ2v) is 6.92. The summed E-state index contributed by atoms with van der Waals surface area (Å²) in [5, 5.41) is 12.5. The van der Waals surface area contributed by atoms with Crippen molar-refractivity contribution in [3.8, 4) is 0 Å². The van der Waals surface area contributed by atoms with Gasteiger partial charge in [0.05, 0.1) is 6.42 Å². The molecule has 0 bridgehead atoms. The van der Waals surface area contributed by atoms with E-state index in [0.29, 0.717) is 18.9 Å². The fourth-order valence-corrected chi connectivity index (χ4v) is 4.07. The van der Waals surface area contributed by atoms with Crippen molar-refractivity contribution in [2.45, 2.75) is 32.2 Å². The van der Waals surface area contributed by atoms with Gasteiger partial charge in [-0.1, -0.05) is 25.1 Å². The van der Waals surface area contributed by atoms with Crippen LogP contribution in [-0.4, -0.2) is 34.5 Å². The molecule has 1 fully saturated rings. The summed E-state index contributed by atoms with van der Waals surface area (Å²) < 4.78 is 1.16. The Morgan fingerprint density at radius 2 is 2.14 bits per heavy atom. The highest BCUT2D eigenvalue weighted by molar-refractivity contribution is 7.17. The lowest BCUT2D eigenvalue weighted by atomic mass is 9.92. The number of hydrogen-bond donors (Lipinski definition) is 1. The minimum atomic E-state index is -0.893. The number of likely N-dealkylation sites (tertiary alicyclic amines) is 1. The number of nitrogens with zero attached hydrogens (tertiary/aromatic N) is 1. The molecule has 2 atom stereocenters. The molecule has 1 aromatic heterocycles. The molecule has 0 saturated carbocycles. The van der Waals surface area contributed by atoms with Crippen LogP contribution in [0.1, 0.15) is 25.3 Å². The summed E-state index contributed by atoms with van der Waals surface area (Å²) in [5.41, 5.74) is 0.994. The van der Waals surface area contributed by atoms with E-state index in [1.807, 2.05) is 36.6 Å². The van der Waals surface area contributed by atoms with Crippen LogP contribution in [0.25, 0.3) is 10.1 Å². The average molecular weight is 317 g/mol. The van der Waals surface area contributed by atoms with E-state index in [4.69, 9.17) is 0 Å². The Morgan fingerprint density at radius 1 is 1.36 bits per heavy atom. The Labute approximate surface area is 133 Å². The van der Waals surface area contributed by atoms with Crippen molar-refractivity contribution in [1.82, 2.24) is 4.90 Å². The summed E-state index contributed by atoms with van der Waals surface area (Å²) in [6, 6.07) is 7.32. The van der Waals surface area contributed by atoms with Gasteiger partial charge in [0.25, 0.3) is 0 Å². The Bertz CT molecular complexity index is 709. The predicted octanol–water partition coefficient (Wildman–Crippen LogP) is 3.16. The predicted molar refractivity (Wildman–Crippen MR) is 87.1 cm³/mol. The topological polar surface area (TPSA) is 57.6 Å². The van der Waals surface area contributed by atoms with E-state index in [0.717, 1.165) is 22.1 Å². The first-order chi connectivity index (χ1) is 10.6. The number of carboxylic acid groups (broad SMARTS) is 1. The highest BCUT2D eigenvalue weighted by atomic mass is 32.1. The Morgan fingerprint density at radius 3 is 2.91 bits per heavy atom. The number of piperidine rings is 1. The van der Waals surface area contributed by atoms with E-state index < -0.39 is 12.0 Å². The van der Waals surface area contributed by atoms with Crippen molar-refractivity contribution in [1.29, 1.82) is 0 Å². The number of amides is 1. The highest BCUT2D eigenvalue weighted by Gasteiger charge is 2.34. The number of rotatable bonds is 3. The van der Waals surface area contributed by atoms with Crippen molar-refractivity contribution >= 4 is 33.3 Å². The van der Waals surface area contributed by atoms with E-state index >= 15 is 0 Å². The van der Waals surface area contributed by atoms with Gasteiger partial charge in [-0.15, -0.1) is 11.3 Å². The molecule has 4 nitrogen and oxygen atoms in total. The van der Waals surface area contributed by atoms with Gasteiger partial charge in [0.2, 0.25) is 5.91 Å². The highest BCUT2D eigenvalue weighted by Crippen LogP contribution is 2.28. The lowest BCUT2D eigenvalue weighted by molar-refractivity contribution is -0.152. The van der Waals surface area contributed by atoms with Crippen LogP contribution in [0.3, 0.4) is 0 Å². The third-order valence-corrected chi connectivity index (χ3v) is 5.39. The summed E-state index contributed by atoms with van der Waals surface area (Å²) in [6.07, 6.45) is 1.70. The number of hydrogen-bond acceptors (Lipinski definition) is 3. The molecule has 2 unspecified atom stereocenters. The number of thiophene rings is 1. The molecule has 3 rings (SSSR count). The maximum absolute atomic E-state index is 12.6. The van der Waals surface area contributed by atoms with Crippen LogP contribution in [0.2, 0.25) is 0 Å². The fraction of sp³-hybridized carbons (Fsp3) is 0.412. The third kappa shape index (κ3) is 2.86. The first-order valence-corrected chi connectivity index (χ1v) is 8.41. The molecule has 0 aliphatic carbocycles. The molecule has 1 amide bonds. The van der Waals surface area contributed by atoms with E-state index in [-0.39, 0.29) is 12.3 Å². The number of fused-ring (bicyclic) bond motifs is 1. The second kappa shape index (κ2) is 6.08. The summed E-state index contributed by atoms with van der Waals surface area (Å²) >= 11 is 1.62. The molecule has 0 spiro atoms. The molecule has 1 aliphatic rings. The number of benzene rings is 1. The monoisotopic (exact) mass is 317 g/mol. The van der Waals surface area contributed by atoms with Crippen LogP contribution in [0.15, 0.2) is 29.6 Å². The van der Waals surface area contributed by atoms with Gasteiger partial charge in [-0.25, -0.2) is 4.79 Å². The molecular formula is C17H19NO3S. The minimum Gasteiger partial charge on any atom is -0.480 e. The van der Waals surface area contributed by atoms with Crippen molar-refractivity contribution in [3.63, 3.8) is 0 Å². The van der Waals surface area contributed by atoms with Crippen molar-refractivity contribution in [3.05, 3.63) is 35.2 Å². The van der Waals surface area contributed by atoms with Crippen molar-refractivity contribution in [2.75, 3.05) is 6.54 Å². The van der Waals surface area contributed by atoms with Gasteiger partial charge in [0.1, 0.15) is 6.04 Å². The smallest absolute Gasteiger partial charge is 0.326 e. The first kappa shape index (κ1) is 15.0. The number of carbonyl (C=O) groups excluding carboxylic acids is 1. The summed E-state index contributed by atoms with van der Waals surface area (Å²) in [6.45, 7) is 2.59. The van der Waals surface area contributed by atoms with Gasteiger partial charge in [-0.2, -0.15) is 0 Å². The van der Waals surface area contributed by atoms with Crippen molar-refractivity contribution in [2.24, 2.45) is 5.92 Å². The SMILES string of the molecule is CC1CCN(C(=O)Cc2csc3ccccc23)C(C(=O)O)C1. The third-order valence-electron chi connectivity index (χ3n) is 4.37. The molecule has 5 heteroatoms. The summed E-state index contributed by atoms with van der Waals surface area (Å²) in [7, 11) is 0. The van der Waals surface area contributed by atoms with E-state index in [1.165, 1.54) is 0 Å². The van der Waals surface area contributed by atoms with Crippen LogP contribution in [0.5, 0.6) is 0 Å². The van der Waals surface area contributed by atoms with Gasteiger partial charge >= 0.3 is 5.97 Å². The Hall–Kier alpha value is -1.88. The molecule has 1 saturated heterocycles. The molecular weight excluding hydrogens is 298 g/mol. The van der Waals surface area contributed by atoms with E-state index in [9.17, 15) is 14.7 Å². The normalized spacial score (nSPS) is 22.0. The molecule has 0 radical (unpaired) electrons. The standard InChI is InChI=1S/C17H19NO3S/c1-11-6-7-18(14(8-11)17(20)21)16(19)9-12-10-22-15-5-3-2-4-13(12)15/h2-5,10-11,14H,6-9H2,1H3,(H,20,21). The lowest BCUT2D eigenvalue weighted by Crippen LogP contribution is -2.50. The second-order valence-electron chi connectivity index (χ2n) is 6.00.